The Balaban J connectivity index is 1.40. The third-order valence-electron chi connectivity index (χ3n) is 5.17. The maximum absolute atomic E-state index is 12.3. The minimum absolute atomic E-state index is 0.0155. The number of pyridine rings is 1. The van der Waals surface area contributed by atoms with Crippen molar-refractivity contribution in [3.05, 3.63) is 54.1 Å². The van der Waals surface area contributed by atoms with E-state index in [1.165, 1.54) is 18.0 Å². The average molecular weight is 339 g/mol. The number of fused-ring (bicyclic) bond motifs is 1. The molecule has 2 atom stereocenters. The van der Waals surface area contributed by atoms with E-state index < -0.39 is 0 Å². The standard InChI is InChI=1S/C18H21N5O2/c24-17(15-3-5-21-22-7-15)20-11-18-12-23(9-16(18)10-25-13-18)8-14-2-1-4-19-6-14/h1-7,16H,8-13H2,(H,20,24)/t16-,18+/m1/s1. The molecule has 7 nitrogen and oxygen atoms in total. The number of ether oxygens (including phenoxy) is 1. The molecule has 1 amide bonds. The molecule has 0 aliphatic carbocycles. The van der Waals surface area contributed by atoms with Crippen molar-refractivity contribution < 1.29 is 9.53 Å². The molecule has 0 radical (unpaired) electrons. The highest BCUT2D eigenvalue weighted by molar-refractivity contribution is 5.93. The zero-order valence-corrected chi connectivity index (χ0v) is 14.0. The molecule has 2 aromatic rings. The number of hydrogen-bond donors (Lipinski definition) is 1. The molecule has 0 bridgehead atoms. The lowest BCUT2D eigenvalue weighted by Crippen LogP contribution is -2.43. The van der Waals surface area contributed by atoms with Gasteiger partial charge in [0.1, 0.15) is 0 Å². The largest absolute Gasteiger partial charge is 0.380 e. The van der Waals surface area contributed by atoms with Crippen LogP contribution in [0.5, 0.6) is 0 Å². The lowest BCUT2D eigenvalue weighted by molar-refractivity contribution is 0.0903. The average Bonchev–Trinajstić information content (AvgIpc) is 3.18. The molecular weight excluding hydrogens is 318 g/mol. The number of hydrogen-bond acceptors (Lipinski definition) is 6. The second-order valence-electron chi connectivity index (χ2n) is 6.92. The van der Waals surface area contributed by atoms with E-state index in [0.29, 0.717) is 24.6 Å². The van der Waals surface area contributed by atoms with E-state index in [2.05, 4.69) is 31.5 Å². The van der Waals surface area contributed by atoms with Gasteiger partial charge in [0.2, 0.25) is 0 Å². The third kappa shape index (κ3) is 3.38. The van der Waals surface area contributed by atoms with E-state index in [1.807, 2.05) is 12.3 Å². The van der Waals surface area contributed by atoms with Crippen LogP contribution in [0.15, 0.2) is 43.0 Å². The lowest BCUT2D eigenvalue weighted by Gasteiger charge is -2.27. The zero-order valence-electron chi connectivity index (χ0n) is 14.0. The topological polar surface area (TPSA) is 80.2 Å². The first-order chi connectivity index (χ1) is 12.3. The minimum atomic E-state index is -0.111. The van der Waals surface area contributed by atoms with Crippen molar-refractivity contribution >= 4 is 5.91 Å². The smallest absolute Gasteiger partial charge is 0.252 e. The molecule has 4 rings (SSSR count). The molecule has 0 spiro atoms. The fourth-order valence-electron chi connectivity index (χ4n) is 3.85. The molecule has 7 heteroatoms. The van der Waals surface area contributed by atoms with Crippen LogP contribution < -0.4 is 5.32 Å². The van der Waals surface area contributed by atoms with Crippen molar-refractivity contribution in [1.29, 1.82) is 0 Å². The van der Waals surface area contributed by atoms with Gasteiger partial charge in [0, 0.05) is 49.9 Å². The number of carbonyl (C=O) groups excluding carboxylic acids is 1. The van der Waals surface area contributed by atoms with Crippen LogP contribution in [-0.4, -0.2) is 58.8 Å². The Hall–Kier alpha value is -2.38. The molecule has 130 valence electrons. The van der Waals surface area contributed by atoms with E-state index in [9.17, 15) is 4.79 Å². The maximum Gasteiger partial charge on any atom is 0.252 e. The molecule has 2 saturated heterocycles. The lowest BCUT2D eigenvalue weighted by atomic mass is 9.81. The van der Waals surface area contributed by atoms with Gasteiger partial charge in [-0.25, -0.2) is 0 Å². The first kappa shape index (κ1) is 16.1. The number of aromatic nitrogens is 3. The Morgan fingerprint density at radius 3 is 3.08 bits per heavy atom. The Morgan fingerprint density at radius 1 is 1.32 bits per heavy atom. The van der Waals surface area contributed by atoms with E-state index in [1.54, 1.807) is 12.3 Å². The number of carbonyl (C=O) groups is 1. The molecule has 0 aromatic carbocycles. The molecule has 2 aromatic heterocycles. The van der Waals surface area contributed by atoms with Gasteiger partial charge in [0.25, 0.3) is 5.91 Å². The predicted octanol–water partition coefficient (Wildman–Crippen LogP) is 0.750. The summed E-state index contributed by atoms with van der Waals surface area (Å²) in [6.07, 6.45) is 6.72. The van der Waals surface area contributed by atoms with Crippen molar-refractivity contribution in [3.8, 4) is 0 Å². The monoisotopic (exact) mass is 339 g/mol. The second kappa shape index (κ2) is 6.85. The van der Waals surface area contributed by atoms with Crippen LogP contribution in [0, 0.1) is 11.3 Å². The summed E-state index contributed by atoms with van der Waals surface area (Å²) < 4.78 is 5.74. The molecule has 2 aliphatic rings. The molecule has 0 unspecified atom stereocenters. The number of nitrogens with zero attached hydrogens (tertiary/aromatic N) is 4. The molecule has 4 heterocycles. The summed E-state index contributed by atoms with van der Waals surface area (Å²) >= 11 is 0. The predicted molar refractivity (Wildman–Crippen MR) is 90.6 cm³/mol. The molecule has 1 N–H and O–H groups in total. The summed E-state index contributed by atoms with van der Waals surface area (Å²) in [4.78, 5) is 18.9. The number of nitrogens with one attached hydrogen (secondary N) is 1. The van der Waals surface area contributed by atoms with Gasteiger partial charge >= 0.3 is 0 Å². The van der Waals surface area contributed by atoms with Gasteiger partial charge in [-0.2, -0.15) is 10.2 Å². The first-order valence-corrected chi connectivity index (χ1v) is 8.49. The van der Waals surface area contributed by atoms with Crippen molar-refractivity contribution in [3.63, 3.8) is 0 Å². The first-order valence-electron chi connectivity index (χ1n) is 8.49. The fourth-order valence-corrected chi connectivity index (χ4v) is 3.85. The minimum Gasteiger partial charge on any atom is -0.380 e. The van der Waals surface area contributed by atoms with Crippen molar-refractivity contribution in [2.24, 2.45) is 11.3 Å². The fraction of sp³-hybridized carbons (Fsp3) is 0.444. The van der Waals surface area contributed by atoms with Crippen molar-refractivity contribution in [1.82, 2.24) is 25.4 Å². The van der Waals surface area contributed by atoms with Gasteiger partial charge in [-0.05, 0) is 17.7 Å². The zero-order chi connectivity index (χ0) is 17.1. The van der Waals surface area contributed by atoms with Crippen molar-refractivity contribution in [2.45, 2.75) is 6.54 Å². The van der Waals surface area contributed by atoms with Crippen LogP contribution in [0.2, 0.25) is 0 Å². The van der Waals surface area contributed by atoms with Crippen LogP contribution >= 0.6 is 0 Å². The number of amides is 1. The molecule has 2 fully saturated rings. The highest BCUT2D eigenvalue weighted by atomic mass is 16.5. The van der Waals surface area contributed by atoms with E-state index in [-0.39, 0.29) is 11.3 Å². The molecule has 2 aliphatic heterocycles. The summed E-state index contributed by atoms with van der Waals surface area (Å²) in [5.74, 6) is 0.334. The molecule has 25 heavy (non-hydrogen) atoms. The number of rotatable bonds is 5. The number of likely N-dealkylation sites (tertiary alicyclic amines) is 1. The second-order valence-corrected chi connectivity index (χ2v) is 6.92. The maximum atomic E-state index is 12.3. The van der Waals surface area contributed by atoms with E-state index in [0.717, 1.165) is 26.2 Å². The Labute approximate surface area is 146 Å². The van der Waals surface area contributed by atoms with Gasteiger partial charge in [-0.15, -0.1) is 0 Å². The highest BCUT2D eigenvalue weighted by Crippen LogP contribution is 2.41. The third-order valence-corrected chi connectivity index (χ3v) is 5.17. The summed E-state index contributed by atoms with van der Waals surface area (Å²) in [6.45, 7) is 4.85. The van der Waals surface area contributed by atoms with Crippen LogP contribution in [0.3, 0.4) is 0 Å². The quantitative estimate of drug-likeness (QED) is 0.866. The van der Waals surface area contributed by atoms with Crippen LogP contribution in [0.4, 0.5) is 0 Å². The van der Waals surface area contributed by atoms with Gasteiger partial charge in [0.15, 0.2) is 0 Å². The van der Waals surface area contributed by atoms with Gasteiger partial charge < -0.3 is 10.1 Å². The highest BCUT2D eigenvalue weighted by Gasteiger charge is 2.50. The van der Waals surface area contributed by atoms with Crippen molar-refractivity contribution in [2.75, 3.05) is 32.8 Å². The Bertz CT molecular complexity index is 727. The Kier molecular flexibility index (Phi) is 4.42. The summed E-state index contributed by atoms with van der Waals surface area (Å²) in [5.41, 5.74) is 1.73. The molecule has 0 saturated carbocycles. The van der Waals surface area contributed by atoms with Crippen LogP contribution in [-0.2, 0) is 11.3 Å². The SMILES string of the molecule is O=C(NC[C@]12COC[C@H]1CN(Cc1cccnc1)C2)c1ccnnc1. The van der Waals surface area contributed by atoms with Gasteiger partial charge in [0.05, 0.1) is 31.2 Å². The summed E-state index contributed by atoms with van der Waals surface area (Å²) in [7, 11) is 0. The van der Waals surface area contributed by atoms with E-state index in [4.69, 9.17) is 4.74 Å². The van der Waals surface area contributed by atoms with E-state index >= 15 is 0 Å². The Morgan fingerprint density at radius 2 is 2.28 bits per heavy atom. The van der Waals surface area contributed by atoms with Gasteiger partial charge in [-0.1, -0.05) is 6.07 Å². The summed E-state index contributed by atoms with van der Waals surface area (Å²) in [6, 6.07) is 5.74. The van der Waals surface area contributed by atoms with Gasteiger partial charge in [-0.3, -0.25) is 14.7 Å². The van der Waals surface area contributed by atoms with Crippen LogP contribution in [0.1, 0.15) is 15.9 Å². The van der Waals surface area contributed by atoms with Crippen LogP contribution in [0.25, 0.3) is 0 Å². The molecular formula is C18H21N5O2. The normalized spacial score (nSPS) is 25.7. The summed E-state index contributed by atoms with van der Waals surface area (Å²) in [5, 5.41) is 10.5.